The maximum absolute atomic E-state index is 12.3. The zero-order chi connectivity index (χ0) is 17.7. The fraction of sp³-hybridized carbons (Fsp3) is 0.333. The number of ether oxygens (including phenoxy) is 1. The summed E-state index contributed by atoms with van der Waals surface area (Å²) in [7, 11) is -3.57. The Labute approximate surface area is 153 Å². The van der Waals surface area contributed by atoms with Crippen molar-refractivity contribution in [2.45, 2.75) is 18.0 Å². The molecule has 2 aromatic carbocycles. The smallest absolute Gasteiger partial charge is 0.240 e. The fourth-order valence-corrected chi connectivity index (χ4v) is 3.99. The molecule has 1 saturated heterocycles. The van der Waals surface area contributed by atoms with E-state index in [1.54, 1.807) is 12.1 Å². The predicted octanol–water partition coefficient (Wildman–Crippen LogP) is 2.65. The number of rotatable bonds is 6. The summed E-state index contributed by atoms with van der Waals surface area (Å²) in [5.41, 5.74) is 2.12. The molecule has 1 aliphatic heterocycles. The van der Waals surface area contributed by atoms with Gasteiger partial charge in [-0.3, -0.25) is 4.90 Å². The highest BCUT2D eigenvalue weighted by atomic mass is 35.5. The van der Waals surface area contributed by atoms with Gasteiger partial charge in [0.1, 0.15) is 0 Å². The Balaban J connectivity index is 1.58. The lowest BCUT2D eigenvalue weighted by Crippen LogP contribution is -2.35. The quantitative estimate of drug-likeness (QED) is 0.837. The monoisotopic (exact) mass is 380 g/mol. The van der Waals surface area contributed by atoms with Crippen LogP contribution in [0.25, 0.3) is 0 Å². The van der Waals surface area contributed by atoms with E-state index in [0.717, 1.165) is 38.4 Å². The van der Waals surface area contributed by atoms with Gasteiger partial charge < -0.3 is 4.74 Å². The van der Waals surface area contributed by atoms with Crippen molar-refractivity contribution in [3.8, 4) is 0 Å². The van der Waals surface area contributed by atoms with E-state index in [1.807, 2.05) is 24.3 Å². The highest BCUT2D eigenvalue weighted by Crippen LogP contribution is 2.16. The summed E-state index contributed by atoms with van der Waals surface area (Å²) in [6, 6.07) is 14.2. The summed E-state index contributed by atoms with van der Waals surface area (Å²) in [4.78, 5) is 2.52. The third kappa shape index (κ3) is 5.26. The van der Waals surface area contributed by atoms with Crippen LogP contribution in [0.3, 0.4) is 0 Å². The molecule has 1 fully saturated rings. The van der Waals surface area contributed by atoms with Crippen LogP contribution in [0.2, 0.25) is 5.02 Å². The first-order valence-corrected chi connectivity index (χ1v) is 10.0. The van der Waals surface area contributed by atoms with Gasteiger partial charge in [-0.2, -0.15) is 0 Å². The van der Waals surface area contributed by atoms with Crippen LogP contribution in [-0.4, -0.2) is 39.6 Å². The molecule has 1 N–H and O–H groups in total. The Hall–Kier alpha value is -1.44. The topological polar surface area (TPSA) is 58.6 Å². The van der Waals surface area contributed by atoms with Crippen LogP contribution in [0.5, 0.6) is 0 Å². The van der Waals surface area contributed by atoms with Gasteiger partial charge in [0.25, 0.3) is 0 Å². The van der Waals surface area contributed by atoms with Gasteiger partial charge in [0.2, 0.25) is 10.0 Å². The second-order valence-electron chi connectivity index (χ2n) is 5.99. The number of morpholine rings is 1. The van der Waals surface area contributed by atoms with Crippen molar-refractivity contribution in [1.82, 2.24) is 9.62 Å². The number of sulfonamides is 1. The molecule has 0 spiro atoms. The first-order valence-electron chi connectivity index (χ1n) is 8.16. The van der Waals surface area contributed by atoms with E-state index in [-0.39, 0.29) is 11.4 Å². The third-order valence-electron chi connectivity index (χ3n) is 4.11. The minimum absolute atomic E-state index is 0.170. The number of benzene rings is 2. The van der Waals surface area contributed by atoms with Crippen molar-refractivity contribution < 1.29 is 13.2 Å². The minimum atomic E-state index is -3.57. The van der Waals surface area contributed by atoms with Crippen molar-refractivity contribution in [3.05, 3.63) is 64.7 Å². The summed E-state index contributed by atoms with van der Waals surface area (Å²) < 4.78 is 32.6. The predicted molar refractivity (Wildman–Crippen MR) is 98.0 cm³/mol. The molecule has 25 heavy (non-hydrogen) atoms. The van der Waals surface area contributed by atoms with E-state index in [4.69, 9.17) is 16.3 Å². The largest absolute Gasteiger partial charge is 0.379 e. The molecule has 5 nitrogen and oxygen atoms in total. The summed E-state index contributed by atoms with van der Waals surface area (Å²) in [5, 5.41) is 0.398. The Morgan fingerprint density at radius 2 is 1.72 bits per heavy atom. The van der Waals surface area contributed by atoms with Crippen LogP contribution >= 0.6 is 11.6 Å². The first kappa shape index (κ1) is 18.4. The Morgan fingerprint density at radius 3 is 2.40 bits per heavy atom. The molecule has 0 unspecified atom stereocenters. The molecular formula is C18H21ClN2O3S. The molecular weight excluding hydrogens is 360 g/mol. The number of hydrogen-bond acceptors (Lipinski definition) is 4. The van der Waals surface area contributed by atoms with Gasteiger partial charge in [-0.15, -0.1) is 0 Å². The van der Waals surface area contributed by atoms with Crippen molar-refractivity contribution in [2.75, 3.05) is 26.3 Å². The van der Waals surface area contributed by atoms with E-state index < -0.39 is 10.0 Å². The third-order valence-corrected chi connectivity index (χ3v) is 5.74. The van der Waals surface area contributed by atoms with Gasteiger partial charge >= 0.3 is 0 Å². The number of nitrogens with one attached hydrogen (secondary N) is 1. The van der Waals surface area contributed by atoms with Gasteiger partial charge in [0, 0.05) is 31.2 Å². The van der Waals surface area contributed by atoms with Gasteiger partial charge in [0.05, 0.1) is 18.1 Å². The van der Waals surface area contributed by atoms with Crippen LogP contribution in [0.4, 0.5) is 0 Å². The van der Waals surface area contributed by atoms with E-state index in [9.17, 15) is 8.42 Å². The molecule has 0 saturated carbocycles. The van der Waals surface area contributed by atoms with E-state index >= 15 is 0 Å². The maximum atomic E-state index is 12.3. The van der Waals surface area contributed by atoms with Crippen molar-refractivity contribution in [3.63, 3.8) is 0 Å². The van der Waals surface area contributed by atoms with Gasteiger partial charge in [0.15, 0.2) is 0 Å². The lowest BCUT2D eigenvalue weighted by Gasteiger charge is -2.26. The number of hydrogen-bond donors (Lipinski definition) is 1. The zero-order valence-electron chi connectivity index (χ0n) is 13.8. The van der Waals surface area contributed by atoms with Crippen molar-refractivity contribution in [2.24, 2.45) is 0 Å². The molecule has 2 aromatic rings. The Morgan fingerprint density at radius 1 is 1.04 bits per heavy atom. The average Bonchev–Trinajstić information content (AvgIpc) is 2.62. The second-order valence-corrected chi connectivity index (χ2v) is 8.19. The lowest BCUT2D eigenvalue weighted by atomic mass is 10.1. The lowest BCUT2D eigenvalue weighted by molar-refractivity contribution is 0.0342. The van der Waals surface area contributed by atoms with Gasteiger partial charge in [-0.05, 0) is 29.3 Å². The van der Waals surface area contributed by atoms with E-state index in [2.05, 4.69) is 9.62 Å². The molecule has 3 rings (SSSR count). The molecule has 134 valence electrons. The molecule has 0 amide bonds. The minimum Gasteiger partial charge on any atom is -0.379 e. The SMILES string of the molecule is O=S(=O)(NCc1ccc(CN2CCOCC2)cc1)c1cccc(Cl)c1. The van der Waals surface area contributed by atoms with Gasteiger partial charge in [-0.1, -0.05) is 41.9 Å². The molecule has 0 bridgehead atoms. The van der Waals surface area contributed by atoms with Crippen molar-refractivity contribution >= 4 is 21.6 Å². The highest BCUT2D eigenvalue weighted by molar-refractivity contribution is 7.89. The summed E-state index contributed by atoms with van der Waals surface area (Å²) in [6.07, 6.45) is 0. The summed E-state index contributed by atoms with van der Waals surface area (Å²) in [6.45, 7) is 4.58. The molecule has 0 aliphatic carbocycles. The second kappa shape index (κ2) is 8.29. The highest BCUT2D eigenvalue weighted by Gasteiger charge is 2.14. The van der Waals surface area contributed by atoms with Crippen LogP contribution in [0.1, 0.15) is 11.1 Å². The molecule has 0 radical (unpaired) electrons. The number of halogens is 1. The standard InChI is InChI=1S/C18H21ClN2O3S/c19-17-2-1-3-18(12-17)25(22,23)20-13-15-4-6-16(7-5-15)14-21-8-10-24-11-9-21/h1-7,12,20H,8-11,13-14H2. The molecule has 0 atom stereocenters. The van der Waals surface area contributed by atoms with E-state index in [1.165, 1.54) is 17.7 Å². The van der Waals surface area contributed by atoms with E-state index in [0.29, 0.717) is 5.02 Å². The van der Waals surface area contributed by atoms with Crippen LogP contribution in [0.15, 0.2) is 53.4 Å². The normalized spacial score (nSPS) is 16.0. The van der Waals surface area contributed by atoms with Crippen LogP contribution < -0.4 is 4.72 Å². The average molecular weight is 381 g/mol. The Kier molecular flexibility index (Phi) is 6.09. The molecule has 0 aromatic heterocycles. The van der Waals surface area contributed by atoms with Crippen LogP contribution in [-0.2, 0) is 27.8 Å². The Bertz CT molecular complexity index is 803. The zero-order valence-corrected chi connectivity index (χ0v) is 15.4. The molecule has 1 aliphatic rings. The van der Waals surface area contributed by atoms with Crippen LogP contribution in [0, 0.1) is 0 Å². The molecule has 1 heterocycles. The molecule has 7 heteroatoms. The number of nitrogens with zero attached hydrogens (tertiary/aromatic N) is 1. The van der Waals surface area contributed by atoms with Gasteiger partial charge in [-0.25, -0.2) is 13.1 Å². The van der Waals surface area contributed by atoms with Crippen molar-refractivity contribution in [1.29, 1.82) is 0 Å². The first-order chi connectivity index (χ1) is 12.0. The summed E-state index contributed by atoms with van der Waals surface area (Å²) >= 11 is 5.86. The summed E-state index contributed by atoms with van der Waals surface area (Å²) in [5.74, 6) is 0. The maximum Gasteiger partial charge on any atom is 0.240 e. The fourth-order valence-electron chi connectivity index (χ4n) is 2.68.